The average Bonchev–Trinajstić information content (AvgIpc) is 3.38. The van der Waals surface area contributed by atoms with Gasteiger partial charge in [-0.2, -0.15) is 0 Å². The zero-order chi connectivity index (χ0) is 32.5. The molecule has 2 aromatic carbocycles. The number of halogens is 3. The maximum atomic E-state index is 14.7. The van der Waals surface area contributed by atoms with Gasteiger partial charge in [-0.15, -0.1) is 0 Å². The topological polar surface area (TPSA) is 59.5 Å². The second kappa shape index (κ2) is 11.8. The number of thioether (sulfide) groups is 1. The van der Waals surface area contributed by atoms with Gasteiger partial charge < -0.3 is 14.7 Å². The van der Waals surface area contributed by atoms with Gasteiger partial charge in [-0.3, -0.25) is 14.5 Å². The summed E-state index contributed by atoms with van der Waals surface area (Å²) in [5.41, 5.74) is 2.22. The van der Waals surface area contributed by atoms with E-state index in [0.29, 0.717) is 40.9 Å². The van der Waals surface area contributed by atoms with Gasteiger partial charge in [0, 0.05) is 40.9 Å². The molecule has 4 aliphatic heterocycles. The highest BCUT2D eigenvalue weighted by molar-refractivity contribution is 8.18. The van der Waals surface area contributed by atoms with Crippen molar-refractivity contribution in [2.45, 2.75) is 75.7 Å². The molecule has 1 saturated carbocycles. The van der Waals surface area contributed by atoms with Gasteiger partial charge in [0.25, 0.3) is 5.91 Å². The van der Waals surface area contributed by atoms with Gasteiger partial charge in [-0.1, -0.05) is 61.3 Å². The van der Waals surface area contributed by atoms with Crippen LogP contribution >= 0.6 is 35.0 Å². The summed E-state index contributed by atoms with van der Waals surface area (Å²) in [6.07, 6.45) is 3.10. The number of alkyl halides is 1. The highest BCUT2D eigenvalue weighted by Gasteiger charge is 2.56. The quantitative estimate of drug-likeness (QED) is 0.333. The molecule has 4 atom stereocenters. The Morgan fingerprint density at radius 2 is 1.67 bits per heavy atom. The lowest BCUT2D eigenvalue weighted by molar-refractivity contribution is -0.145. The van der Waals surface area contributed by atoms with E-state index in [-0.39, 0.29) is 29.3 Å². The first-order valence-corrected chi connectivity index (χ1v) is 17.8. The minimum atomic E-state index is -0.691. The van der Waals surface area contributed by atoms with E-state index >= 15 is 0 Å². The van der Waals surface area contributed by atoms with Crippen molar-refractivity contribution in [2.24, 2.45) is 10.9 Å². The van der Waals surface area contributed by atoms with Crippen LogP contribution in [0.4, 0.5) is 4.39 Å². The van der Waals surface area contributed by atoms with E-state index in [0.717, 1.165) is 41.4 Å². The first kappa shape index (κ1) is 32.0. The predicted molar refractivity (Wildman–Crippen MR) is 183 cm³/mol. The number of amidine groups is 1. The number of carbonyl (C=O) groups excluding carboxylic acids is 2. The van der Waals surface area contributed by atoms with Crippen molar-refractivity contribution in [2.75, 3.05) is 33.4 Å². The van der Waals surface area contributed by atoms with E-state index in [4.69, 9.17) is 28.2 Å². The minimum Gasteiger partial charge on any atom is -0.338 e. The molecular formula is C35H40Cl2FN5O2S. The van der Waals surface area contributed by atoms with E-state index in [2.05, 4.69) is 37.6 Å². The summed E-state index contributed by atoms with van der Waals surface area (Å²) < 4.78 is 14.6. The molecule has 0 aromatic heterocycles. The van der Waals surface area contributed by atoms with E-state index < -0.39 is 24.3 Å². The number of hydrogen-bond acceptors (Lipinski definition) is 6. The molecule has 2 saturated heterocycles. The first-order chi connectivity index (χ1) is 22.0. The highest BCUT2D eigenvalue weighted by Crippen LogP contribution is 2.56. The Morgan fingerprint density at radius 1 is 1.02 bits per heavy atom. The summed E-state index contributed by atoms with van der Waals surface area (Å²) in [4.78, 5) is 42.7. The van der Waals surface area contributed by atoms with Crippen molar-refractivity contribution in [3.05, 3.63) is 80.3 Å². The summed E-state index contributed by atoms with van der Waals surface area (Å²) in [5.74, 6) is -0.373. The van der Waals surface area contributed by atoms with Crippen LogP contribution in [0.3, 0.4) is 0 Å². The Morgan fingerprint density at radius 3 is 2.28 bits per heavy atom. The van der Waals surface area contributed by atoms with Crippen LogP contribution in [0.2, 0.25) is 10.0 Å². The number of benzene rings is 2. The van der Waals surface area contributed by atoms with Crippen LogP contribution in [-0.2, 0) is 15.1 Å². The lowest BCUT2D eigenvalue weighted by Crippen LogP contribution is -2.59. The molecule has 2 amide bonds. The van der Waals surface area contributed by atoms with E-state index in [9.17, 15) is 14.0 Å². The highest BCUT2D eigenvalue weighted by atomic mass is 35.5. The Kier molecular flexibility index (Phi) is 8.22. The van der Waals surface area contributed by atoms with Crippen molar-refractivity contribution < 1.29 is 14.0 Å². The molecule has 1 spiro atoms. The average molecular weight is 685 g/mol. The van der Waals surface area contributed by atoms with Crippen molar-refractivity contribution in [1.29, 1.82) is 0 Å². The van der Waals surface area contributed by atoms with Crippen molar-refractivity contribution in [1.82, 2.24) is 19.6 Å². The number of aliphatic imine (C=N–C) groups is 1. The van der Waals surface area contributed by atoms with Gasteiger partial charge in [-0.25, -0.2) is 9.38 Å². The molecule has 0 unspecified atom stereocenters. The summed E-state index contributed by atoms with van der Waals surface area (Å²) in [7, 11) is 2.13. The molecule has 46 heavy (non-hydrogen) atoms. The lowest BCUT2D eigenvalue weighted by atomic mass is 9.81. The lowest BCUT2D eigenvalue weighted by Gasteiger charge is -2.42. The van der Waals surface area contributed by atoms with E-state index in [1.807, 2.05) is 53.4 Å². The zero-order valence-electron chi connectivity index (χ0n) is 26.7. The molecule has 244 valence electrons. The van der Waals surface area contributed by atoms with E-state index in [1.54, 1.807) is 4.90 Å². The third-order valence-corrected chi connectivity index (χ3v) is 12.3. The van der Waals surface area contributed by atoms with Crippen LogP contribution in [0.5, 0.6) is 0 Å². The van der Waals surface area contributed by atoms with Gasteiger partial charge in [0.2, 0.25) is 5.91 Å². The Hall–Kier alpha value is -2.59. The number of piperazine rings is 1. The van der Waals surface area contributed by atoms with Crippen molar-refractivity contribution in [3.8, 4) is 0 Å². The largest absolute Gasteiger partial charge is 0.338 e. The summed E-state index contributed by atoms with van der Waals surface area (Å²) in [6.45, 7) is 7.68. The van der Waals surface area contributed by atoms with Gasteiger partial charge >= 0.3 is 0 Å². The first-order valence-electron chi connectivity index (χ1n) is 16.2. The van der Waals surface area contributed by atoms with Crippen molar-refractivity contribution >= 4 is 51.9 Å². The number of likely N-dealkylation sites (N-methyl/N-ethyl adjacent to an activating group) is 1. The number of nitrogens with zero attached hydrogens (tertiary/aromatic N) is 5. The number of carbonyl (C=O) groups is 2. The van der Waals surface area contributed by atoms with Crippen LogP contribution in [0.1, 0.15) is 63.6 Å². The molecule has 4 heterocycles. The minimum absolute atomic E-state index is 0.0468. The summed E-state index contributed by atoms with van der Waals surface area (Å²) in [6, 6.07) is 14.0. The van der Waals surface area contributed by atoms with Gasteiger partial charge in [-0.05, 0) is 92.7 Å². The smallest absolute Gasteiger partial charge is 0.263 e. The summed E-state index contributed by atoms with van der Waals surface area (Å²) >= 11 is 13.9. The van der Waals surface area contributed by atoms with Crippen LogP contribution in [0.15, 0.2) is 64.1 Å². The number of rotatable bonds is 6. The van der Waals surface area contributed by atoms with Crippen LogP contribution in [-0.4, -0.2) is 87.6 Å². The molecule has 0 N–H and O–H groups in total. The Balaban J connectivity index is 1.26. The van der Waals surface area contributed by atoms with Gasteiger partial charge in [0.1, 0.15) is 23.2 Å². The molecule has 2 aromatic rings. The SMILES string of the molecule is CC(C)C1=C(C(=O)N2[C@H](CF)CC[C@@H]2C(=O)N2CCN(C)C3(CC3)C2)SC2=N[C@@](C)(c3ccc(Cl)cc3)[C@@H](c3ccc(Cl)cc3)N21. The maximum Gasteiger partial charge on any atom is 0.263 e. The second-order valence-corrected chi connectivity index (χ2v) is 15.7. The fraction of sp³-hybridized carbons (Fsp3) is 0.514. The number of fused-ring (bicyclic) bond motifs is 1. The standard InChI is InChI=1S/C35H40Cl2FN5O2S/c1-21(2)28-29(32(45)42-26(19-38)13-14-27(42)31(44)41-18-17-40(4)35(20-41)15-16-35)46-33-39-34(3,23-7-11-25(37)12-8-23)30(43(28)33)22-5-9-24(36)10-6-22/h5-12,21,26-27,30H,13-20H2,1-4H3/t26-,27+,30+,34-/m0/s1. The normalized spacial score (nSPS) is 28.8. The predicted octanol–water partition coefficient (Wildman–Crippen LogP) is 6.87. The molecule has 1 aliphatic carbocycles. The van der Waals surface area contributed by atoms with Crippen LogP contribution in [0, 0.1) is 5.92 Å². The molecule has 0 radical (unpaired) electrons. The zero-order valence-corrected chi connectivity index (χ0v) is 29.0. The molecule has 5 aliphatic rings. The van der Waals surface area contributed by atoms with Gasteiger partial charge in [0.15, 0.2) is 5.17 Å². The third-order valence-electron chi connectivity index (χ3n) is 10.7. The third kappa shape index (κ3) is 5.17. The number of allylic oxidation sites excluding steroid dienone is 1. The molecule has 7 rings (SSSR count). The van der Waals surface area contributed by atoms with E-state index in [1.165, 1.54) is 11.8 Å². The monoisotopic (exact) mass is 683 g/mol. The van der Waals surface area contributed by atoms with Crippen LogP contribution in [0.25, 0.3) is 0 Å². The number of hydrogen-bond donors (Lipinski definition) is 0. The Bertz CT molecular complexity index is 1610. The fourth-order valence-corrected chi connectivity index (χ4v) is 9.52. The molecular weight excluding hydrogens is 644 g/mol. The fourth-order valence-electron chi connectivity index (χ4n) is 7.91. The molecule has 7 nitrogen and oxygen atoms in total. The second-order valence-electron chi connectivity index (χ2n) is 13.9. The molecule has 3 fully saturated rings. The maximum absolute atomic E-state index is 14.7. The Labute approximate surface area is 284 Å². The van der Waals surface area contributed by atoms with Crippen molar-refractivity contribution in [3.63, 3.8) is 0 Å². The molecule has 0 bridgehead atoms. The number of amides is 2. The van der Waals surface area contributed by atoms with Crippen LogP contribution < -0.4 is 0 Å². The van der Waals surface area contributed by atoms with Gasteiger partial charge in [0.05, 0.1) is 12.1 Å². The molecule has 11 heteroatoms. The number of likely N-dealkylation sites (tertiary alicyclic amines) is 1. The summed E-state index contributed by atoms with van der Waals surface area (Å²) in [5, 5.41) is 2.00.